The number of alkyl halides is 3. The molecule has 10 heteroatoms. The lowest BCUT2D eigenvalue weighted by molar-refractivity contribution is -0.143. The maximum absolute atomic E-state index is 11.5. The van der Waals surface area contributed by atoms with E-state index in [2.05, 4.69) is 4.84 Å². The normalized spacial score (nSPS) is 12.8. The van der Waals surface area contributed by atoms with Crippen molar-refractivity contribution in [3.8, 4) is 0 Å². The smallest absolute Gasteiger partial charge is 0.479 e. The molecule has 0 aromatic carbocycles. The fourth-order valence-electron chi connectivity index (χ4n) is 0.216. The van der Waals surface area contributed by atoms with Gasteiger partial charge in [0.25, 0.3) is 0 Å². The van der Waals surface area contributed by atoms with E-state index in [1.54, 1.807) is 0 Å². The SMILES string of the molecule is O=C(O)CONS(=O)(=O)C(F)(F)F. The van der Waals surface area contributed by atoms with Crippen molar-refractivity contribution < 1.29 is 36.3 Å². The zero-order valence-corrected chi connectivity index (χ0v) is 6.65. The second kappa shape index (κ2) is 3.89. The lowest BCUT2D eigenvalue weighted by atomic mass is 10.8. The number of sulfonamides is 1. The number of rotatable bonds is 4. The van der Waals surface area contributed by atoms with Crippen LogP contribution in [0, 0.1) is 0 Å². The maximum atomic E-state index is 11.5. The Balaban J connectivity index is 4.15. The van der Waals surface area contributed by atoms with Crippen LogP contribution < -0.4 is 4.89 Å². The van der Waals surface area contributed by atoms with Crippen molar-refractivity contribution in [2.45, 2.75) is 5.51 Å². The zero-order valence-electron chi connectivity index (χ0n) is 5.83. The van der Waals surface area contributed by atoms with E-state index in [-0.39, 0.29) is 0 Å². The molecule has 0 amide bonds. The quantitative estimate of drug-likeness (QED) is 0.623. The molecule has 0 aliphatic heterocycles. The number of aliphatic carboxylic acids is 1. The molecule has 0 heterocycles. The molecule has 0 aromatic rings. The molecule has 0 atom stereocenters. The van der Waals surface area contributed by atoms with Gasteiger partial charge in [-0.3, -0.25) is 4.84 Å². The van der Waals surface area contributed by atoms with Crippen molar-refractivity contribution in [1.82, 2.24) is 4.89 Å². The molecule has 0 saturated heterocycles. The van der Waals surface area contributed by atoms with Gasteiger partial charge in [0.05, 0.1) is 0 Å². The minimum atomic E-state index is -5.63. The lowest BCUT2D eigenvalue weighted by Gasteiger charge is -2.07. The number of hydrogen-bond acceptors (Lipinski definition) is 4. The van der Waals surface area contributed by atoms with Crippen LogP contribution in [0.3, 0.4) is 0 Å². The summed E-state index contributed by atoms with van der Waals surface area (Å²) in [6, 6.07) is 0. The lowest BCUT2D eigenvalue weighted by Crippen LogP contribution is -2.37. The molecule has 0 bridgehead atoms. The number of halogens is 3. The first kappa shape index (κ1) is 12.1. The van der Waals surface area contributed by atoms with Gasteiger partial charge >= 0.3 is 21.5 Å². The van der Waals surface area contributed by atoms with E-state index < -0.39 is 28.1 Å². The molecule has 13 heavy (non-hydrogen) atoms. The predicted molar refractivity (Wildman–Crippen MR) is 31.7 cm³/mol. The van der Waals surface area contributed by atoms with Crippen LogP contribution in [-0.2, 0) is 19.7 Å². The Morgan fingerprint density at radius 3 is 2.23 bits per heavy atom. The average Bonchev–Trinajstić information content (AvgIpc) is 1.82. The Morgan fingerprint density at radius 2 is 1.92 bits per heavy atom. The third kappa shape index (κ3) is 4.05. The third-order valence-corrected chi connectivity index (χ3v) is 1.62. The molecule has 0 aliphatic rings. The Morgan fingerprint density at radius 1 is 1.46 bits per heavy atom. The maximum Gasteiger partial charge on any atom is 0.513 e. The van der Waals surface area contributed by atoms with Crippen LogP contribution in [0.5, 0.6) is 0 Å². The third-order valence-electron chi connectivity index (χ3n) is 0.669. The molecule has 0 aliphatic carbocycles. The van der Waals surface area contributed by atoms with E-state index in [9.17, 15) is 26.4 Å². The van der Waals surface area contributed by atoms with E-state index >= 15 is 0 Å². The molecule has 0 unspecified atom stereocenters. The molecular formula is C3H4F3NO5S. The molecule has 6 nitrogen and oxygen atoms in total. The van der Waals surface area contributed by atoms with Gasteiger partial charge in [0.2, 0.25) is 0 Å². The van der Waals surface area contributed by atoms with Crippen LogP contribution in [0.1, 0.15) is 0 Å². The second-order valence-electron chi connectivity index (χ2n) is 1.71. The van der Waals surface area contributed by atoms with Crippen molar-refractivity contribution in [2.75, 3.05) is 6.61 Å². The highest BCUT2D eigenvalue weighted by Crippen LogP contribution is 2.21. The first-order chi connectivity index (χ1) is 5.67. The van der Waals surface area contributed by atoms with Crippen molar-refractivity contribution in [2.24, 2.45) is 0 Å². The largest absolute Gasteiger partial charge is 0.513 e. The van der Waals surface area contributed by atoms with Crippen LogP contribution in [0.25, 0.3) is 0 Å². The minimum absolute atomic E-state index is 0.597. The van der Waals surface area contributed by atoms with Gasteiger partial charge in [0.1, 0.15) is 0 Å². The summed E-state index contributed by atoms with van der Waals surface area (Å²) in [6.07, 6.45) is 0. The second-order valence-corrected chi connectivity index (χ2v) is 3.35. The monoisotopic (exact) mass is 223 g/mol. The van der Waals surface area contributed by atoms with Crippen LogP contribution in [0.2, 0.25) is 0 Å². The fraction of sp³-hybridized carbons (Fsp3) is 0.667. The van der Waals surface area contributed by atoms with E-state index in [4.69, 9.17) is 5.11 Å². The summed E-state index contributed by atoms with van der Waals surface area (Å²) in [7, 11) is -5.63. The van der Waals surface area contributed by atoms with E-state index in [0.29, 0.717) is 4.89 Å². The van der Waals surface area contributed by atoms with Gasteiger partial charge in [-0.25, -0.2) is 13.2 Å². The highest BCUT2D eigenvalue weighted by molar-refractivity contribution is 7.90. The highest BCUT2D eigenvalue weighted by Gasteiger charge is 2.46. The molecule has 0 radical (unpaired) electrons. The van der Waals surface area contributed by atoms with Crippen LogP contribution in [0.4, 0.5) is 13.2 Å². The average molecular weight is 223 g/mol. The molecule has 0 spiro atoms. The van der Waals surface area contributed by atoms with Crippen molar-refractivity contribution >= 4 is 16.0 Å². The number of nitrogens with one attached hydrogen (secondary N) is 1. The summed E-state index contributed by atoms with van der Waals surface area (Å²) >= 11 is 0. The number of hydrogen-bond donors (Lipinski definition) is 2. The van der Waals surface area contributed by atoms with Crippen molar-refractivity contribution in [3.05, 3.63) is 0 Å². The molecular weight excluding hydrogens is 219 g/mol. The van der Waals surface area contributed by atoms with Gasteiger partial charge in [-0.2, -0.15) is 13.2 Å². The van der Waals surface area contributed by atoms with Gasteiger partial charge in [-0.15, -0.1) is 0 Å². The first-order valence-corrected chi connectivity index (χ1v) is 4.07. The van der Waals surface area contributed by atoms with Crippen molar-refractivity contribution in [1.29, 1.82) is 0 Å². The van der Waals surface area contributed by atoms with Gasteiger partial charge in [0.15, 0.2) is 6.61 Å². The summed E-state index contributed by atoms with van der Waals surface area (Å²) in [5.74, 6) is -1.61. The first-order valence-electron chi connectivity index (χ1n) is 2.58. The van der Waals surface area contributed by atoms with Gasteiger partial charge in [0, 0.05) is 0 Å². The fourth-order valence-corrected chi connectivity index (χ4v) is 0.525. The molecule has 0 fully saturated rings. The molecule has 2 N–H and O–H groups in total. The summed E-state index contributed by atoms with van der Waals surface area (Å²) in [5.41, 5.74) is -5.52. The van der Waals surface area contributed by atoms with Crippen LogP contribution in [0.15, 0.2) is 0 Å². The number of carboxylic acid groups (broad SMARTS) is 1. The predicted octanol–water partition coefficient (Wildman–Crippen LogP) is -0.558. The Hall–Kier alpha value is -0.870. The van der Waals surface area contributed by atoms with E-state index in [1.807, 2.05) is 0 Å². The minimum Gasteiger partial charge on any atom is -0.479 e. The molecule has 0 aromatic heterocycles. The van der Waals surface area contributed by atoms with Crippen LogP contribution in [-0.4, -0.2) is 31.6 Å². The number of carbonyl (C=O) groups is 1. The molecule has 0 rings (SSSR count). The van der Waals surface area contributed by atoms with E-state index in [0.717, 1.165) is 0 Å². The van der Waals surface area contributed by atoms with Gasteiger partial charge < -0.3 is 5.11 Å². The number of carboxylic acids is 1. The van der Waals surface area contributed by atoms with Crippen molar-refractivity contribution in [3.63, 3.8) is 0 Å². The summed E-state index contributed by atoms with van der Waals surface area (Å²) in [6.45, 7) is -1.20. The Labute approximate surface area is 70.3 Å². The Kier molecular flexibility index (Phi) is 3.63. The summed E-state index contributed by atoms with van der Waals surface area (Å²) in [5, 5.41) is 7.87. The highest BCUT2D eigenvalue weighted by atomic mass is 32.2. The van der Waals surface area contributed by atoms with Gasteiger partial charge in [-0.05, 0) is 0 Å². The van der Waals surface area contributed by atoms with Gasteiger partial charge in [-0.1, -0.05) is 4.89 Å². The summed E-state index contributed by atoms with van der Waals surface area (Å²) in [4.78, 5) is 13.8. The topological polar surface area (TPSA) is 92.7 Å². The standard InChI is InChI=1S/C3H4F3NO5S/c4-3(5,6)13(10,11)7-12-1-2(8)9/h7H,1H2,(H,8,9). The zero-order chi connectivity index (χ0) is 10.7. The van der Waals surface area contributed by atoms with Crippen LogP contribution >= 0.6 is 0 Å². The summed E-state index contributed by atoms with van der Waals surface area (Å²) < 4.78 is 54.6. The molecule has 78 valence electrons. The Bertz CT molecular complexity index is 282. The molecule has 0 saturated carbocycles. The van der Waals surface area contributed by atoms with E-state index in [1.165, 1.54) is 0 Å².